The monoisotopic (exact) mass is 289 g/mol. The average Bonchev–Trinajstić information content (AvgIpc) is 2.49. The number of nitrogens with zero attached hydrogens (tertiary/aromatic N) is 1. The number of ether oxygens (including phenoxy) is 1. The predicted octanol–water partition coefficient (Wildman–Crippen LogP) is 2.90. The van der Waals surface area contributed by atoms with Gasteiger partial charge in [0.1, 0.15) is 5.03 Å². The van der Waals surface area contributed by atoms with Crippen molar-refractivity contribution in [2.75, 3.05) is 6.61 Å². The molecule has 20 heavy (non-hydrogen) atoms. The quantitative estimate of drug-likeness (QED) is 0.858. The maximum absolute atomic E-state index is 11.8. The largest absolute Gasteiger partial charge is 0.462 e. The molecule has 2 rings (SSSR count). The molecule has 0 bridgehead atoms. The van der Waals surface area contributed by atoms with Crippen molar-refractivity contribution in [2.45, 2.75) is 23.5 Å². The second kappa shape index (κ2) is 7.07. The van der Waals surface area contributed by atoms with E-state index in [1.54, 1.807) is 25.3 Å². The minimum atomic E-state index is -0.366. The molecule has 4 nitrogen and oxygen atoms in total. The summed E-state index contributed by atoms with van der Waals surface area (Å²) >= 11 is 1.39. The Morgan fingerprint density at radius 2 is 2.05 bits per heavy atom. The van der Waals surface area contributed by atoms with Crippen molar-refractivity contribution in [3.05, 3.63) is 53.7 Å². The van der Waals surface area contributed by atoms with Gasteiger partial charge in [0, 0.05) is 11.1 Å². The van der Waals surface area contributed by atoms with E-state index in [1.807, 2.05) is 24.3 Å². The Kier molecular flexibility index (Phi) is 5.15. The van der Waals surface area contributed by atoms with E-state index in [2.05, 4.69) is 4.98 Å². The molecule has 1 N–H and O–H groups in total. The first kappa shape index (κ1) is 14.6. The molecule has 0 unspecified atom stereocenters. The first-order chi connectivity index (χ1) is 9.74. The minimum Gasteiger partial charge on any atom is -0.462 e. The first-order valence-corrected chi connectivity index (χ1v) is 7.06. The molecule has 0 saturated carbocycles. The van der Waals surface area contributed by atoms with Gasteiger partial charge < -0.3 is 9.84 Å². The number of aliphatic hydroxyl groups is 1. The van der Waals surface area contributed by atoms with Gasteiger partial charge in [0.05, 0.1) is 18.8 Å². The van der Waals surface area contributed by atoms with Gasteiger partial charge in [-0.1, -0.05) is 23.9 Å². The first-order valence-electron chi connectivity index (χ1n) is 6.24. The van der Waals surface area contributed by atoms with E-state index >= 15 is 0 Å². The number of esters is 1. The Labute approximate surface area is 121 Å². The summed E-state index contributed by atoms with van der Waals surface area (Å²) in [5.74, 6) is -0.366. The summed E-state index contributed by atoms with van der Waals surface area (Å²) < 4.78 is 5.02. The number of carbonyl (C=O) groups excluding carboxylic acids is 1. The Balaban J connectivity index is 2.21. The maximum atomic E-state index is 11.8. The van der Waals surface area contributed by atoms with Crippen molar-refractivity contribution in [3.8, 4) is 0 Å². The van der Waals surface area contributed by atoms with E-state index < -0.39 is 0 Å². The lowest BCUT2D eigenvalue weighted by atomic mass is 10.2. The summed E-state index contributed by atoms with van der Waals surface area (Å²) in [5, 5.41) is 9.63. The summed E-state index contributed by atoms with van der Waals surface area (Å²) in [5.41, 5.74) is 1.31. The van der Waals surface area contributed by atoms with Gasteiger partial charge in [0.25, 0.3) is 0 Å². The highest BCUT2D eigenvalue weighted by Gasteiger charge is 2.14. The second-order valence-corrected chi connectivity index (χ2v) is 5.04. The van der Waals surface area contributed by atoms with Crippen molar-refractivity contribution in [2.24, 2.45) is 0 Å². The summed E-state index contributed by atoms with van der Waals surface area (Å²) in [6.07, 6.45) is 1.65. The lowest BCUT2D eigenvalue weighted by Crippen LogP contribution is -2.06. The van der Waals surface area contributed by atoms with Crippen LogP contribution in [0.25, 0.3) is 0 Å². The Bertz CT molecular complexity index is 584. The van der Waals surface area contributed by atoms with Crippen molar-refractivity contribution < 1.29 is 14.6 Å². The fourth-order valence-corrected chi connectivity index (χ4v) is 2.48. The lowest BCUT2D eigenvalue weighted by molar-refractivity contribution is 0.0521. The van der Waals surface area contributed by atoms with Crippen molar-refractivity contribution in [1.82, 2.24) is 4.98 Å². The second-order valence-electron chi connectivity index (χ2n) is 3.98. The molecule has 0 aliphatic heterocycles. The van der Waals surface area contributed by atoms with Crippen molar-refractivity contribution in [3.63, 3.8) is 0 Å². The standard InChI is InChI=1S/C15H15NO3S/c1-2-19-15(18)13-4-3-9-16-14(13)20-12-7-5-11(10-17)6-8-12/h3-9,17H,2,10H2,1H3. The van der Waals surface area contributed by atoms with Crippen LogP contribution in [0.2, 0.25) is 0 Å². The van der Waals surface area contributed by atoms with Crippen LogP contribution in [-0.4, -0.2) is 22.7 Å². The third-order valence-electron chi connectivity index (χ3n) is 2.59. The molecular formula is C15H15NO3S. The molecule has 0 amide bonds. The Morgan fingerprint density at radius 1 is 1.30 bits per heavy atom. The smallest absolute Gasteiger partial charge is 0.340 e. The van der Waals surface area contributed by atoms with E-state index in [0.717, 1.165) is 10.5 Å². The number of hydrogen-bond acceptors (Lipinski definition) is 5. The fourth-order valence-electron chi connectivity index (χ4n) is 1.61. The van der Waals surface area contributed by atoms with Crippen molar-refractivity contribution >= 4 is 17.7 Å². The van der Waals surface area contributed by atoms with Gasteiger partial charge >= 0.3 is 5.97 Å². The summed E-state index contributed by atoms with van der Waals surface area (Å²) in [7, 11) is 0. The number of hydrogen-bond donors (Lipinski definition) is 1. The molecule has 1 aromatic carbocycles. The topological polar surface area (TPSA) is 59.4 Å². The van der Waals surface area contributed by atoms with Crippen LogP contribution in [0.1, 0.15) is 22.8 Å². The van der Waals surface area contributed by atoms with E-state index in [-0.39, 0.29) is 12.6 Å². The number of rotatable bonds is 5. The molecular weight excluding hydrogens is 274 g/mol. The molecule has 0 spiro atoms. The van der Waals surface area contributed by atoms with E-state index in [0.29, 0.717) is 17.2 Å². The van der Waals surface area contributed by atoms with Gasteiger partial charge in [0.15, 0.2) is 0 Å². The Morgan fingerprint density at radius 3 is 2.70 bits per heavy atom. The molecule has 0 atom stereocenters. The summed E-state index contributed by atoms with van der Waals surface area (Å²) in [4.78, 5) is 17.0. The summed E-state index contributed by atoms with van der Waals surface area (Å²) in [6.45, 7) is 2.13. The minimum absolute atomic E-state index is 0.0165. The normalized spacial score (nSPS) is 10.3. The SMILES string of the molecule is CCOC(=O)c1cccnc1Sc1ccc(CO)cc1. The van der Waals surface area contributed by atoms with Gasteiger partial charge in [-0.05, 0) is 36.8 Å². The fraction of sp³-hybridized carbons (Fsp3) is 0.200. The zero-order valence-corrected chi connectivity index (χ0v) is 11.9. The van der Waals surface area contributed by atoms with Crippen LogP contribution in [0, 0.1) is 0 Å². The van der Waals surface area contributed by atoms with Crippen LogP contribution in [-0.2, 0) is 11.3 Å². The number of aliphatic hydroxyl groups excluding tert-OH is 1. The molecule has 2 aromatic rings. The summed E-state index contributed by atoms with van der Waals surface area (Å²) in [6, 6.07) is 10.9. The maximum Gasteiger partial charge on any atom is 0.340 e. The van der Waals surface area contributed by atoms with Crippen LogP contribution >= 0.6 is 11.8 Å². The predicted molar refractivity (Wildman–Crippen MR) is 76.7 cm³/mol. The van der Waals surface area contributed by atoms with Gasteiger partial charge in [0.2, 0.25) is 0 Å². The van der Waals surface area contributed by atoms with Gasteiger partial charge in [-0.15, -0.1) is 0 Å². The molecule has 0 aliphatic carbocycles. The molecule has 104 valence electrons. The molecule has 5 heteroatoms. The third kappa shape index (κ3) is 3.59. The van der Waals surface area contributed by atoms with Crippen molar-refractivity contribution in [1.29, 1.82) is 0 Å². The average molecular weight is 289 g/mol. The van der Waals surface area contributed by atoms with Crippen LogP contribution in [0.15, 0.2) is 52.5 Å². The zero-order chi connectivity index (χ0) is 14.4. The molecule has 0 saturated heterocycles. The lowest BCUT2D eigenvalue weighted by Gasteiger charge is -2.07. The molecule has 1 heterocycles. The van der Waals surface area contributed by atoms with Gasteiger partial charge in [-0.25, -0.2) is 9.78 Å². The molecule has 0 aliphatic rings. The highest BCUT2D eigenvalue weighted by molar-refractivity contribution is 7.99. The van der Waals surface area contributed by atoms with Gasteiger partial charge in [-0.3, -0.25) is 0 Å². The van der Waals surface area contributed by atoms with E-state index in [4.69, 9.17) is 9.84 Å². The molecule has 1 aromatic heterocycles. The van der Waals surface area contributed by atoms with Crippen LogP contribution in [0.5, 0.6) is 0 Å². The highest BCUT2D eigenvalue weighted by Crippen LogP contribution is 2.29. The highest BCUT2D eigenvalue weighted by atomic mass is 32.2. The number of carbonyl (C=O) groups is 1. The van der Waals surface area contributed by atoms with Crippen LogP contribution in [0.3, 0.4) is 0 Å². The Hall–Kier alpha value is -1.85. The van der Waals surface area contributed by atoms with Crippen LogP contribution < -0.4 is 0 Å². The van der Waals surface area contributed by atoms with E-state index in [9.17, 15) is 4.79 Å². The number of aromatic nitrogens is 1. The molecule has 0 radical (unpaired) electrons. The number of pyridine rings is 1. The van der Waals surface area contributed by atoms with Crippen LogP contribution in [0.4, 0.5) is 0 Å². The number of benzene rings is 1. The van der Waals surface area contributed by atoms with Gasteiger partial charge in [-0.2, -0.15) is 0 Å². The third-order valence-corrected chi connectivity index (χ3v) is 3.61. The molecule has 0 fully saturated rings. The zero-order valence-electron chi connectivity index (χ0n) is 11.1. The van der Waals surface area contributed by atoms with E-state index in [1.165, 1.54) is 11.8 Å².